The zero-order chi connectivity index (χ0) is 12.3. The maximum Gasteiger partial charge on any atom is 0.266 e. The van der Waals surface area contributed by atoms with Crippen molar-refractivity contribution < 1.29 is 4.79 Å². The van der Waals surface area contributed by atoms with Crippen molar-refractivity contribution in [3.8, 4) is 0 Å². The number of hydrogen-bond donors (Lipinski definition) is 2. The first-order valence-corrected chi connectivity index (χ1v) is 6.91. The molecule has 2 heterocycles. The fraction of sp³-hybridized carbons (Fsp3) is 0.273. The van der Waals surface area contributed by atoms with Crippen molar-refractivity contribution in [1.82, 2.24) is 10.2 Å². The minimum Gasteiger partial charge on any atom is -0.304 e. The van der Waals surface area contributed by atoms with Crippen molar-refractivity contribution >= 4 is 39.0 Å². The van der Waals surface area contributed by atoms with E-state index in [9.17, 15) is 4.79 Å². The zero-order valence-corrected chi connectivity index (χ0v) is 11.7. The van der Waals surface area contributed by atoms with Crippen LogP contribution in [0.4, 0.5) is 5.82 Å². The second-order valence-electron chi connectivity index (χ2n) is 3.59. The molecule has 90 valence electrons. The summed E-state index contributed by atoms with van der Waals surface area (Å²) in [5.74, 6) is 0.443. The Morgan fingerprint density at radius 2 is 2.41 bits per heavy atom. The molecule has 0 aliphatic rings. The van der Waals surface area contributed by atoms with E-state index in [1.165, 1.54) is 11.3 Å². The van der Waals surface area contributed by atoms with Crippen LogP contribution in [0.25, 0.3) is 0 Å². The van der Waals surface area contributed by atoms with Gasteiger partial charge in [-0.25, -0.2) is 0 Å². The number of carbonyl (C=O) groups excluding carboxylic acids is 1. The van der Waals surface area contributed by atoms with E-state index in [1.807, 2.05) is 12.1 Å². The third-order valence-corrected chi connectivity index (χ3v) is 3.81. The number of amides is 1. The van der Waals surface area contributed by atoms with E-state index in [0.717, 1.165) is 22.3 Å². The Hall–Kier alpha value is -1.14. The average molecular weight is 314 g/mol. The predicted molar refractivity (Wildman–Crippen MR) is 72.6 cm³/mol. The lowest BCUT2D eigenvalue weighted by Crippen LogP contribution is -2.10. The average Bonchev–Trinajstić information content (AvgIpc) is 2.88. The summed E-state index contributed by atoms with van der Waals surface area (Å²) in [6.45, 7) is 2.10. The standard InChI is InChI=1S/C11H12BrN3OS/c1-2-3-7-6-10(15-14-7)13-11(16)8-4-5-9(12)17-8/h4-6H,2-3H2,1H3,(H2,13,14,15,16). The molecular weight excluding hydrogens is 302 g/mol. The number of H-pyrrole nitrogens is 1. The quantitative estimate of drug-likeness (QED) is 0.908. The number of nitrogens with zero attached hydrogens (tertiary/aromatic N) is 1. The van der Waals surface area contributed by atoms with Crippen LogP contribution in [0.3, 0.4) is 0 Å². The fourth-order valence-corrected chi connectivity index (χ4v) is 2.72. The predicted octanol–water partition coefficient (Wildman–Crippen LogP) is 3.44. The van der Waals surface area contributed by atoms with Crippen LogP contribution in [0.15, 0.2) is 22.0 Å². The highest BCUT2D eigenvalue weighted by molar-refractivity contribution is 9.11. The van der Waals surface area contributed by atoms with E-state index in [2.05, 4.69) is 38.4 Å². The molecule has 0 aromatic carbocycles. The largest absolute Gasteiger partial charge is 0.304 e. The summed E-state index contributed by atoms with van der Waals surface area (Å²) in [6, 6.07) is 5.50. The van der Waals surface area contributed by atoms with Crippen LogP contribution in [0, 0.1) is 0 Å². The van der Waals surface area contributed by atoms with Gasteiger partial charge in [-0.2, -0.15) is 5.10 Å². The molecule has 0 fully saturated rings. The molecule has 17 heavy (non-hydrogen) atoms. The van der Waals surface area contributed by atoms with E-state index in [-0.39, 0.29) is 5.91 Å². The number of halogens is 1. The fourth-order valence-electron chi connectivity index (χ4n) is 1.44. The molecule has 0 unspecified atom stereocenters. The summed E-state index contributed by atoms with van der Waals surface area (Å²) >= 11 is 4.73. The van der Waals surface area contributed by atoms with Crippen molar-refractivity contribution in [3.05, 3.63) is 32.6 Å². The van der Waals surface area contributed by atoms with E-state index in [4.69, 9.17) is 0 Å². The van der Waals surface area contributed by atoms with Crippen LogP contribution in [0.1, 0.15) is 28.7 Å². The minimum absolute atomic E-state index is 0.129. The van der Waals surface area contributed by atoms with Gasteiger partial charge in [0.25, 0.3) is 5.91 Å². The van der Waals surface area contributed by atoms with Gasteiger partial charge in [0.15, 0.2) is 5.82 Å². The first-order valence-electron chi connectivity index (χ1n) is 5.30. The molecule has 2 N–H and O–H groups in total. The van der Waals surface area contributed by atoms with Gasteiger partial charge in [-0.3, -0.25) is 9.89 Å². The molecule has 1 amide bonds. The third kappa shape index (κ3) is 3.17. The number of nitrogens with one attached hydrogen (secondary N) is 2. The Morgan fingerprint density at radius 3 is 3.06 bits per heavy atom. The summed E-state index contributed by atoms with van der Waals surface area (Å²) in [5.41, 5.74) is 1.04. The van der Waals surface area contributed by atoms with Crippen LogP contribution in [0.2, 0.25) is 0 Å². The maximum atomic E-state index is 11.8. The molecule has 0 radical (unpaired) electrons. The Labute approximate surface area is 112 Å². The normalized spacial score (nSPS) is 10.5. The number of anilines is 1. The van der Waals surface area contributed by atoms with Gasteiger partial charge in [0.1, 0.15) is 0 Å². The van der Waals surface area contributed by atoms with Crippen molar-refractivity contribution in [2.75, 3.05) is 5.32 Å². The SMILES string of the molecule is CCCc1cc(NC(=O)c2ccc(Br)s2)n[nH]1. The van der Waals surface area contributed by atoms with Crippen LogP contribution in [-0.2, 0) is 6.42 Å². The minimum atomic E-state index is -0.129. The molecule has 2 aromatic rings. The molecule has 2 aromatic heterocycles. The van der Waals surface area contributed by atoms with Gasteiger partial charge in [0.05, 0.1) is 8.66 Å². The van der Waals surface area contributed by atoms with Crippen molar-refractivity contribution in [1.29, 1.82) is 0 Å². The molecule has 0 aliphatic carbocycles. The van der Waals surface area contributed by atoms with Gasteiger partial charge in [0.2, 0.25) is 0 Å². The molecule has 6 heteroatoms. The number of hydrogen-bond acceptors (Lipinski definition) is 3. The topological polar surface area (TPSA) is 57.8 Å². The Kier molecular flexibility index (Phi) is 3.96. The smallest absolute Gasteiger partial charge is 0.266 e. The van der Waals surface area contributed by atoms with Gasteiger partial charge in [0, 0.05) is 11.8 Å². The van der Waals surface area contributed by atoms with E-state index in [1.54, 1.807) is 6.07 Å². The van der Waals surface area contributed by atoms with Crippen LogP contribution in [0.5, 0.6) is 0 Å². The first-order chi connectivity index (χ1) is 8.19. The monoisotopic (exact) mass is 313 g/mol. The van der Waals surface area contributed by atoms with Crippen molar-refractivity contribution in [2.24, 2.45) is 0 Å². The van der Waals surface area contributed by atoms with Gasteiger partial charge in [-0.15, -0.1) is 11.3 Å². The highest BCUT2D eigenvalue weighted by Gasteiger charge is 2.10. The number of rotatable bonds is 4. The summed E-state index contributed by atoms with van der Waals surface area (Å²) in [4.78, 5) is 12.5. The highest BCUT2D eigenvalue weighted by atomic mass is 79.9. The number of aryl methyl sites for hydroxylation is 1. The number of aromatic amines is 1. The molecule has 0 saturated carbocycles. The maximum absolute atomic E-state index is 11.8. The van der Waals surface area contributed by atoms with Crippen molar-refractivity contribution in [2.45, 2.75) is 19.8 Å². The van der Waals surface area contributed by atoms with Crippen molar-refractivity contribution in [3.63, 3.8) is 0 Å². The number of aromatic nitrogens is 2. The molecule has 0 saturated heterocycles. The van der Waals surface area contributed by atoms with E-state index < -0.39 is 0 Å². The summed E-state index contributed by atoms with van der Waals surface area (Å²) < 4.78 is 0.941. The van der Waals surface area contributed by atoms with Gasteiger partial charge < -0.3 is 5.32 Å². The summed E-state index contributed by atoms with van der Waals surface area (Å²) in [6.07, 6.45) is 1.99. The second-order valence-corrected chi connectivity index (χ2v) is 6.05. The van der Waals surface area contributed by atoms with Crippen LogP contribution in [-0.4, -0.2) is 16.1 Å². The second kappa shape index (κ2) is 5.46. The molecular formula is C11H12BrN3OS. The van der Waals surface area contributed by atoms with Crippen LogP contribution < -0.4 is 5.32 Å². The lowest BCUT2D eigenvalue weighted by molar-refractivity contribution is 0.103. The van der Waals surface area contributed by atoms with Gasteiger partial charge in [-0.1, -0.05) is 13.3 Å². The lowest BCUT2D eigenvalue weighted by atomic mass is 10.2. The highest BCUT2D eigenvalue weighted by Crippen LogP contribution is 2.22. The molecule has 0 aliphatic heterocycles. The van der Waals surface area contributed by atoms with Gasteiger partial charge in [-0.05, 0) is 34.5 Å². The molecule has 0 atom stereocenters. The van der Waals surface area contributed by atoms with E-state index >= 15 is 0 Å². The number of thiophene rings is 1. The Bertz CT molecular complexity index is 520. The van der Waals surface area contributed by atoms with E-state index in [0.29, 0.717) is 10.7 Å². The van der Waals surface area contributed by atoms with Gasteiger partial charge >= 0.3 is 0 Å². The molecule has 0 spiro atoms. The lowest BCUT2D eigenvalue weighted by Gasteiger charge is -1.97. The van der Waals surface area contributed by atoms with Crippen LogP contribution >= 0.6 is 27.3 Å². The summed E-state index contributed by atoms with van der Waals surface area (Å²) in [7, 11) is 0. The molecule has 0 bridgehead atoms. The third-order valence-electron chi connectivity index (χ3n) is 2.19. The number of carbonyl (C=O) groups is 1. The molecule has 4 nitrogen and oxygen atoms in total. The molecule has 2 rings (SSSR count). The summed E-state index contributed by atoms with van der Waals surface area (Å²) in [5, 5.41) is 9.70. The zero-order valence-electron chi connectivity index (χ0n) is 9.29. The first kappa shape index (κ1) is 12.3. The Morgan fingerprint density at radius 1 is 1.59 bits per heavy atom. The Balaban J connectivity index is 2.02.